The summed E-state index contributed by atoms with van der Waals surface area (Å²) in [5, 5.41) is 12.6. The number of carbonyl (C=O) groups excluding carboxylic acids is 2. The Labute approximate surface area is 213 Å². The molecule has 2 atom stereocenters. The Hall–Kier alpha value is -2.44. The molecule has 7 nitrogen and oxygen atoms in total. The maximum Gasteiger partial charge on any atom is 0.247 e. The summed E-state index contributed by atoms with van der Waals surface area (Å²) in [5.74, 6) is -0.970. The molecule has 0 bridgehead atoms. The van der Waals surface area contributed by atoms with Gasteiger partial charge in [-0.15, -0.1) is 0 Å². The summed E-state index contributed by atoms with van der Waals surface area (Å²) in [7, 11) is -3.80. The van der Waals surface area contributed by atoms with Crippen LogP contribution in [0.4, 0.5) is 0 Å². The van der Waals surface area contributed by atoms with E-state index in [1.807, 2.05) is 6.07 Å². The van der Waals surface area contributed by atoms with Crippen LogP contribution in [0.25, 0.3) is 0 Å². The fourth-order valence-electron chi connectivity index (χ4n) is 4.90. The molecule has 2 aliphatic carbocycles. The van der Waals surface area contributed by atoms with Gasteiger partial charge in [-0.25, -0.2) is 8.42 Å². The highest BCUT2D eigenvalue weighted by Crippen LogP contribution is 2.53. The number of carbonyl (C=O) groups is 2. The smallest absolute Gasteiger partial charge is 0.247 e. The second kappa shape index (κ2) is 8.59. The van der Waals surface area contributed by atoms with E-state index in [0.717, 1.165) is 10.5 Å². The highest BCUT2D eigenvalue weighted by atomic mass is 35.5. The van der Waals surface area contributed by atoms with Crippen molar-refractivity contribution in [2.75, 3.05) is 6.54 Å². The van der Waals surface area contributed by atoms with Crippen LogP contribution in [0.5, 0.6) is 0 Å². The Balaban J connectivity index is 1.42. The first-order valence-corrected chi connectivity index (χ1v) is 13.7. The molecule has 0 unspecified atom stereocenters. The standard InChI is InChI=1S/C25H23Cl2N3O4S/c26-17-5-3-4-16(12-17)25(10-11-25)23(32)30(24(15-28)8-9-24)22(31)20-13-18(14-29-20)35(33,34)21-7-2-1-6-19(21)27/h1-7,12,18,20,29H,8-11,13-14H2/t18-,20+/m1/s1. The minimum Gasteiger partial charge on any atom is -0.304 e. The number of sulfone groups is 1. The number of hydrogen-bond donors (Lipinski definition) is 1. The van der Waals surface area contributed by atoms with Crippen LogP contribution in [-0.2, 0) is 24.8 Å². The van der Waals surface area contributed by atoms with E-state index < -0.39 is 43.9 Å². The van der Waals surface area contributed by atoms with Gasteiger partial charge in [-0.3, -0.25) is 14.5 Å². The van der Waals surface area contributed by atoms with E-state index in [2.05, 4.69) is 11.4 Å². The molecule has 2 aromatic carbocycles. The van der Waals surface area contributed by atoms with Crippen LogP contribution in [0.2, 0.25) is 10.0 Å². The molecule has 1 aliphatic heterocycles. The lowest BCUT2D eigenvalue weighted by atomic mass is 9.93. The monoisotopic (exact) mass is 531 g/mol. The van der Waals surface area contributed by atoms with Crippen molar-refractivity contribution in [1.29, 1.82) is 5.26 Å². The van der Waals surface area contributed by atoms with Crippen LogP contribution in [-0.4, -0.2) is 48.5 Å². The van der Waals surface area contributed by atoms with E-state index in [1.165, 1.54) is 12.1 Å². The van der Waals surface area contributed by atoms with Gasteiger partial charge in [-0.05, 0) is 61.9 Å². The zero-order valence-electron chi connectivity index (χ0n) is 18.7. The molecule has 2 aromatic rings. The van der Waals surface area contributed by atoms with E-state index >= 15 is 0 Å². The van der Waals surface area contributed by atoms with Crippen molar-refractivity contribution in [3.05, 3.63) is 64.1 Å². The SMILES string of the molecule is N#CC1(N(C(=O)[C@@H]2C[C@@H](S(=O)(=O)c3ccccc3Cl)CN2)C(=O)C2(c3cccc(Cl)c3)CC2)CC1. The second-order valence-electron chi connectivity index (χ2n) is 9.51. The predicted molar refractivity (Wildman–Crippen MR) is 131 cm³/mol. The molecule has 0 radical (unpaired) electrons. The summed E-state index contributed by atoms with van der Waals surface area (Å²) >= 11 is 12.3. The third-order valence-electron chi connectivity index (χ3n) is 7.29. The highest BCUT2D eigenvalue weighted by molar-refractivity contribution is 7.92. The molecule has 35 heavy (non-hydrogen) atoms. The molecule has 5 rings (SSSR count). The van der Waals surface area contributed by atoms with E-state index in [1.54, 1.807) is 30.3 Å². The van der Waals surface area contributed by atoms with Gasteiger partial charge in [-0.2, -0.15) is 5.26 Å². The van der Waals surface area contributed by atoms with Crippen LogP contribution in [0.3, 0.4) is 0 Å². The summed E-state index contributed by atoms with van der Waals surface area (Å²) in [6, 6.07) is 14.5. The lowest BCUT2D eigenvalue weighted by Crippen LogP contribution is -2.55. The van der Waals surface area contributed by atoms with Crippen LogP contribution in [0.15, 0.2) is 53.4 Å². The molecule has 0 aromatic heterocycles. The second-order valence-corrected chi connectivity index (χ2v) is 12.5. The molecule has 10 heteroatoms. The fourth-order valence-corrected chi connectivity index (χ4v) is 7.28. The Bertz CT molecular complexity index is 1360. The van der Waals surface area contributed by atoms with Gasteiger partial charge in [0.2, 0.25) is 11.8 Å². The number of nitrogens with one attached hydrogen (secondary N) is 1. The fraction of sp³-hybridized carbons (Fsp3) is 0.400. The number of rotatable bonds is 6. The number of nitriles is 1. The topological polar surface area (TPSA) is 107 Å². The van der Waals surface area contributed by atoms with Gasteiger partial charge >= 0.3 is 0 Å². The first kappa shape index (κ1) is 24.3. The highest BCUT2D eigenvalue weighted by Gasteiger charge is 2.62. The van der Waals surface area contributed by atoms with Crippen LogP contribution in [0, 0.1) is 11.3 Å². The summed E-state index contributed by atoms with van der Waals surface area (Å²) in [5.41, 5.74) is -1.36. The molecule has 3 fully saturated rings. The summed E-state index contributed by atoms with van der Waals surface area (Å²) in [6.07, 6.45) is 1.90. The number of benzene rings is 2. The minimum atomic E-state index is -3.80. The van der Waals surface area contributed by atoms with Gasteiger partial charge in [-0.1, -0.05) is 47.5 Å². The van der Waals surface area contributed by atoms with E-state index in [9.17, 15) is 23.3 Å². The first-order chi connectivity index (χ1) is 16.6. The Morgan fingerprint density at radius 1 is 1.06 bits per heavy atom. The van der Waals surface area contributed by atoms with Crippen LogP contribution in [0.1, 0.15) is 37.7 Å². The van der Waals surface area contributed by atoms with Crippen molar-refractivity contribution in [1.82, 2.24) is 10.2 Å². The average Bonchev–Trinajstić information content (AvgIpc) is 3.76. The maximum atomic E-state index is 13.9. The molecule has 2 saturated carbocycles. The number of hydrogen-bond acceptors (Lipinski definition) is 6. The molecule has 1 saturated heterocycles. The molecule has 0 spiro atoms. The molecular formula is C25H23Cl2N3O4S. The largest absolute Gasteiger partial charge is 0.304 e. The molecule has 1 N–H and O–H groups in total. The third-order valence-corrected chi connectivity index (χ3v) is 10.2. The number of amides is 2. The van der Waals surface area contributed by atoms with Gasteiger partial charge in [0.15, 0.2) is 9.84 Å². The summed E-state index contributed by atoms with van der Waals surface area (Å²) in [4.78, 5) is 28.7. The number of nitrogens with zero attached hydrogens (tertiary/aromatic N) is 2. The number of halogens is 2. The summed E-state index contributed by atoms with van der Waals surface area (Å²) < 4.78 is 26.4. The predicted octanol–water partition coefficient (Wildman–Crippen LogP) is 3.64. The molecule has 2 amide bonds. The van der Waals surface area contributed by atoms with Gasteiger partial charge in [0.1, 0.15) is 5.54 Å². The average molecular weight is 532 g/mol. The first-order valence-electron chi connectivity index (χ1n) is 11.4. The third kappa shape index (κ3) is 4.05. The zero-order chi connectivity index (χ0) is 25.0. The minimum absolute atomic E-state index is 0.0121. The van der Waals surface area contributed by atoms with Crippen molar-refractivity contribution >= 4 is 44.9 Å². The molecular weight excluding hydrogens is 509 g/mol. The van der Waals surface area contributed by atoms with Crippen molar-refractivity contribution in [2.45, 2.75) is 59.2 Å². The van der Waals surface area contributed by atoms with Gasteiger partial charge in [0.25, 0.3) is 0 Å². The van der Waals surface area contributed by atoms with Crippen LogP contribution >= 0.6 is 23.2 Å². The Morgan fingerprint density at radius 2 is 1.77 bits per heavy atom. The zero-order valence-corrected chi connectivity index (χ0v) is 21.0. The van der Waals surface area contributed by atoms with Crippen molar-refractivity contribution in [3.63, 3.8) is 0 Å². The number of imide groups is 1. The molecule has 1 heterocycles. The quantitative estimate of drug-likeness (QED) is 0.570. The lowest BCUT2D eigenvalue weighted by Gasteiger charge is -2.31. The van der Waals surface area contributed by atoms with Crippen molar-refractivity contribution in [2.24, 2.45) is 0 Å². The van der Waals surface area contributed by atoms with Crippen molar-refractivity contribution < 1.29 is 18.0 Å². The van der Waals surface area contributed by atoms with E-state index in [-0.39, 0.29) is 22.9 Å². The normalized spacial score (nSPS) is 23.8. The summed E-state index contributed by atoms with van der Waals surface area (Å²) in [6.45, 7) is 0.0466. The van der Waals surface area contributed by atoms with Gasteiger partial charge in [0, 0.05) is 11.6 Å². The Morgan fingerprint density at radius 3 is 2.37 bits per heavy atom. The van der Waals surface area contributed by atoms with E-state index in [0.29, 0.717) is 30.7 Å². The molecule has 182 valence electrons. The molecule has 3 aliphatic rings. The van der Waals surface area contributed by atoms with Crippen LogP contribution < -0.4 is 5.32 Å². The van der Waals surface area contributed by atoms with Gasteiger partial charge in [0.05, 0.1) is 32.7 Å². The Kier molecular flexibility index (Phi) is 5.96. The maximum absolute atomic E-state index is 13.9. The van der Waals surface area contributed by atoms with E-state index in [4.69, 9.17) is 23.2 Å². The van der Waals surface area contributed by atoms with Gasteiger partial charge < -0.3 is 5.32 Å². The van der Waals surface area contributed by atoms with Crippen molar-refractivity contribution in [3.8, 4) is 6.07 Å². The lowest BCUT2D eigenvalue weighted by molar-refractivity contribution is -0.150.